The summed E-state index contributed by atoms with van der Waals surface area (Å²) < 4.78 is 6.71. The topological polar surface area (TPSA) is 67.9 Å². The van der Waals surface area contributed by atoms with E-state index >= 15 is 0 Å². The molecule has 0 bridgehead atoms. The maximum absolute atomic E-state index is 11.5. The molecular formula is C15H15N3O2. The number of rotatable bonds is 3. The molecule has 102 valence electrons. The molecule has 0 aliphatic rings. The van der Waals surface area contributed by atoms with Crippen LogP contribution in [0.4, 0.5) is 0 Å². The second-order valence-electron chi connectivity index (χ2n) is 4.39. The normalized spacial score (nSPS) is 10.1. The van der Waals surface area contributed by atoms with Crippen molar-refractivity contribution in [1.82, 2.24) is 9.78 Å². The lowest BCUT2D eigenvalue weighted by Crippen LogP contribution is -2.20. The zero-order valence-electron chi connectivity index (χ0n) is 11.7. The Balaban J connectivity index is 2.57. The van der Waals surface area contributed by atoms with E-state index in [1.54, 1.807) is 7.05 Å². The largest absolute Gasteiger partial charge is 0.494 e. The molecule has 2 aromatic rings. The third kappa shape index (κ3) is 2.54. The van der Waals surface area contributed by atoms with Gasteiger partial charge in [-0.25, -0.2) is 4.68 Å². The Kier molecular flexibility index (Phi) is 3.85. The first kappa shape index (κ1) is 13.8. The van der Waals surface area contributed by atoms with Gasteiger partial charge in [0.05, 0.1) is 12.2 Å². The number of benzene rings is 1. The highest BCUT2D eigenvalue weighted by atomic mass is 16.5. The lowest BCUT2D eigenvalue weighted by atomic mass is 10.0. The first-order valence-corrected chi connectivity index (χ1v) is 6.29. The number of ether oxygens (including phenoxy) is 1. The van der Waals surface area contributed by atoms with Crippen molar-refractivity contribution in [3.8, 4) is 23.1 Å². The van der Waals surface area contributed by atoms with Crippen molar-refractivity contribution in [2.75, 3.05) is 6.61 Å². The zero-order valence-corrected chi connectivity index (χ0v) is 11.7. The van der Waals surface area contributed by atoms with Crippen molar-refractivity contribution in [2.24, 2.45) is 7.05 Å². The van der Waals surface area contributed by atoms with Crippen LogP contribution in [-0.2, 0) is 7.05 Å². The molecule has 0 saturated carbocycles. The number of hydrogen-bond donors (Lipinski definition) is 0. The number of aromatic nitrogens is 2. The van der Waals surface area contributed by atoms with E-state index in [1.807, 2.05) is 38.1 Å². The van der Waals surface area contributed by atoms with E-state index < -0.39 is 0 Å². The molecule has 0 N–H and O–H groups in total. The minimum Gasteiger partial charge on any atom is -0.494 e. The summed E-state index contributed by atoms with van der Waals surface area (Å²) in [4.78, 5) is 11.5. The van der Waals surface area contributed by atoms with Crippen LogP contribution in [0.25, 0.3) is 11.3 Å². The molecule has 0 radical (unpaired) electrons. The summed E-state index contributed by atoms with van der Waals surface area (Å²) in [5.74, 6) is 0.805. The summed E-state index contributed by atoms with van der Waals surface area (Å²) in [5, 5.41) is 13.3. The van der Waals surface area contributed by atoms with Crippen molar-refractivity contribution in [2.45, 2.75) is 13.8 Å². The van der Waals surface area contributed by atoms with Crippen molar-refractivity contribution in [3.63, 3.8) is 0 Å². The van der Waals surface area contributed by atoms with Crippen LogP contribution < -0.4 is 10.3 Å². The Morgan fingerprint density at radius 2 is 2.15 bits per heavy atom. The molecule has 1 heterocycles. The van der Waals surface area contributed by atoms with Gasteiger partial charge in [-0.2, -0.15) is 10.4 Å². The molecule has 0 spiro atoms. The van der Waals surface area contributed by atoms with E-state index in [2.05, 4.69) is 5.10 Å². The fourth-order valence-corrected chi connectivity index (χ4v) is 1.95. The van der Waals surface area contributed by atoms with E-state index in [4.69, 9.17) is 10.00 Å². The monoisotopic (exact) mass is 269 g/mol. The highest BCUT2D eigenvalue weighted by Crippen LogP contribution is 2.26. The first-order valence-electron chi connectivity index (χ1n) is 6.29. The summed E-state index contributed by atoms with van der Waals surface area (Å²) >= 11 is 0. The molecule has 5 heteroatoms. The van der Waals surface area contributed by atoms with Gasteiger partial charge in [-0.1, -0.05) is 0 Å². The minimum absolute atomic E-state index is 0.275. The van der Waals surface area contributed by atoms with E-state index in [9.17, 15) is 4.79 Å². The van der Waals surface area contributed by atoms with Crippen molar-refractivity contribution in [1.29, 1.82) is 5.26 Å². The van der Waals surface area contributed by atoms with Crippen molar-refractivity contribution in [3.05, 3.63) is 45.7 Å². The quantitative estimate of drug-likeness (QED) is 0.855. The van der Waals surface area contributed by atoms with Gasteiger partial charge in [0.1, 0.15) is 17.5 Å². The van der Waals surface area contributed by atoms with Gasteiger partial charge in [-0.05, 0) is 37.6 Å². The molecule has 1 aromatic heterocycles. The highest BCUT2D eigenvalue weighted by Gasteiger charge is 2.11. The number of nitriles is 1. The summed E-state index contributed by atoms with van der Waals surface area (Å²) in [7, 11) is 1.56. The van der Waals surface area contributed by atoms with Gasteiger partial charge in [0, 0.05) is 18.7 Å². The Morgan fingerprint density at radius 3 is 2.75 bits per heavy atom. The van der Waals surface area contributed by atoms with Gasteiger partial charge in [0.15, 0.2) is 0 Å². The predicted molar refractivity (Wildman–Crippen MR) is 75.5 cm³/mol. The molecule has 0 unspecified atom stereocenters. The number of aryl methyl sites for hydroxylation is 2. The summed E-state index contributed by atoms with van der Waals surface area (Å²) in [6, 6.07) is 8.90. The van der Waals surface area contributed by atoms with E-state index in [-0.39, 0.29) is 11.1 Å². The Hall–Kier alpha value is -2.61. The molecule has 0 atom stereocenters. The van der Waals surface area contributed by atoms with Crippen LogP contribution >= 0.6 is 0 Å². The minimum atomic E-state index is -0.298. The average molecular weight is 269 g/mol. The van der Waals surface area contributed by atoms with Gasteiger partial charge in [-0.3, -0.25) is 4.79 Å². The van der Waals surface area contributed by atoms with Gasteiger partial charge in [0.25, 0.3) is 5.56 Å². The maximum Gasteiger partial charge on any atom is 0.267 e. The van der Waals surface area contributed by atoms with E-state index in [0.717, 1.165) is 16.9 Å². The SMILES string of the molecule is CCOc1ccc(-c2nn(C)c(=O)cc2C#N)cc1C. The fraction of sp³-hybridized carbons (Fsp3) is 0.267. The molecule has 1 aromatic carbocycles. The molecule has 0 fully saturated rings. The van der Waals surface area contributed by atoms with Crippen LogP contribution in [-0.4, -0.2) is 16.4 Å². The van der Waals surface area contributed by atoms with Gasteiger partial charge < -0.3 is 4.74 Å². The van der Waals surface area contributed by atoms with Crippen LogP contribution in [0.1, 0.15) is 18.1 Å². The Morgan fingerprint density at radius 1 is 1.40 bits per heavy atom. The van der Waals surface area contributed by atoms with Gasteiger partial charge in [-0.15, -0.1) is 0 Å². The van der Waals surface area contributed by atoms with Crippen LogP contribution in [0, 0.1) is 18.3 Å². The molecule has 20 heavy (non-hydrogen) atoms. The maximum atomic E-state index is 11.5. The summed E-state index contributed by atoms with van der Waals surface area (Å²) in [6.45, 7) is 4.46. The van der Waals surface area contributed by atoms with Gasteiger partial charge >= 0.3 is 0 Å². The average Bonchev–Trinajstić information content (AvgIpc) is 2.44. The Bertz CT molecular complexity index is 742. The summed E-state index contributed by atoms with van der Waals surface area (Å²) in [5.41, 5.74) is 2.23. The second-order valence-corrected chi connectivity index (χ2v) is 4.39. The molecular weight excluding hydrogens is 254 g/mol. The van der Waals surface area contributed by atoms with Crippen LogP contribution in [0.3, 0.4) is 0 Å². The predicted octanol–water partition coefficient (Wildman–Crippen LogP) is 2.03. The van der Waals surface area contributed by atoms with Crippen LogP contribution in [0.2, 0.25) is 0 Å². The number of hydrogen-bond acceptors (Lipinski definition) is 4. The standard InChI is InChI=1S/C15H15N3O2/c1-4-20-13-6-5-11(7-10(13)2)15-12(9-16)8-14(19)18(3)17-15/h5-8H,4H2,1-3H3. The van der Waals surface area contributed by atoms with Crippen molar-refractivity contribution >= 4 is 0 Å². The lowest BCUT2D eigenvalue weighted by molar-refractivity contribution is 0.338. The molecule has 0 amide bonds. The van der Waals surface area contributed by atoms with E-state index in [1.165, 1.54) is 10.7 Å². The second kappa shape index (κ2) is 5.57. The van der Waals surface area contributed by atoms with E-state index in [0.29, 0.717) is 12.3 Å². The van der Waals surface area contributed by atoms with Crippen LogP contribution in [0.5, 0.6) is 5.75 Å². The molecule has 0 saturated heterocycles. The third-order valence-corrected chi connectivity index (χ3v) is 2.96. The third-order valence-electron chi connectivity index (χ3n) is 2.96. The number of nitrogens with zero attached hydrogens (tertiary/aromatic N) is 3. The lowest BCUT2D eigenvalue weighted by Gasteiger charge is -2.10. The molecule has 5 nitrogen and oxygen atoms in total. The molecule has 0 aliphatic heterocycles. The zero-order chi connectivity index (χ0) is 14.7. The highest BCUT2D eigenvalue weighted by molar-refractivity contribution is 5.67. The fourth-order valence-electron chi connectivity index (χ4n) is 1.95. The first-order chi connectivity index (χ1) is 9.56. The molecule has 2 rings (SSSR count). The smallest absolute Gasteiger partial charge is 0.267 e. The van der Waals surface area contributed by atoms with Gasteiger partial charge in [0.2, 0.25) is 0 Å². The molecule has 0 aliphatic carbocycles. The Labute approximate surface area is 117 Å². The van der Waals surface area contributed by atoms with Crippen molar-refractivity contribution < 1.29 is 4.74 Å². The van der Waals surface area contributed by atoms with Crippen LogP contribution in [0.15, 0.2) is 29.1 Å². The summed E-state index contributed by atoms with van der Waals surface area (Å²) in [6.07, 6.45) is 0.